The highest BCUT2D eigenvalue weighted by molar-refractivity contribution is 5.85. The van der Waals surface area contributed by atoms with Crippen LogP contribution in [-0.4, -0.2) is 58.5 Å². The predicted molar refractivity (Wildman–Crippen MR) is 112 cm³/mol. The third-order valence-corrected chi connectivity index (χ3v) is 3.73. The molecule has 5 nitrogen and oxygen atoms in total. The van der Waals surface area contributed by atoms with Crippen molar-refractivity contribution < 1.29 is 14.2 Å². The molecule has 0 aliphatic heterocycles. The van der Waals surface area contributed by atoms with Crippen molar-refractivity contribution in [2.45, 2.75) is 6.61 Å². The van der Waals surface area contributed by atoms with Crippen LogP contribution in [0.25, 0.3) is 0 Å². The van der Waals surface area contributed by atoms with Crippen molar-refractivity contribution in [3.63, 3.8) is 0 Å². The topological polar surface area (TPSA) is 43.0 Å². The molecule has 0 aliphatic carbocycles. The van der Waals surface area contributed by atoms with Crippen LogP contribution in [0.3, 0.4) is 0 Å². The molecule has 0 heterocycles. The molecule has 2 rings (SSSR count). The molecule has 6 heteroatoms. The van der Waals surface area contributed by atoms with Gasteiger partial charge in [0.05, 0.1) is 13.2 Å². The van der Waals surface area contributed by atoms with E-state index in [0.29, 0.717) is 26.4 Å². The third kappa shape index (κ3) is 10.8. The van der Waals surface area contributed by atoms with Gasteiger partial charge >= 0.3 is 0 Å². The summed E-state index contributed by atoms with van der Waals surface area (Å²) in [4.78, 5) is 2.15. The molecule has 0 atom stereocenters. The fourth-order valence-electron chi connectivity index (χ4n) is 2.27. The minimum absolute atomic E-state index is 0. The molecule has 0 radical (unpaired) electrons. The fourth-order valence-corrected chi connectivity index (χ4v) is 2.27. The second-order valence-electron chi connectivity index (χ2n) is 6.26. The molecule has 2 aromatic rings. The van der Waals surface area contributed by atoms with Crippen molar-refractivity contribution in [3.05, 3.63) is 60.2 Å². The number of rotatable bonds is 13. The number of benzene rings is 2. The number of ether oxygens (including phenoxy) is 3. The van der Waals surface area contributed by atoms with Crippen molar-refractivity contribution in [3.8, 4) is 11.5 Å². The van der Waals surface area contributed by atoms with Gasteiger partial charge in [-0.1, -0.05) is 30.3 Å². The maximum atomic E-state index is 5.76. The summed E-state index contributed by atoms with van der Waals surface area (Å²) in [5.74, 6) is 1.66. The van der Waals surface area contributed by atoms with E-state index >= 15 is 0 Å². The van der Waals surface area contributed by atoms with Crippen LogP contribution in [0.4, 0.5) is 0 Å². The van der Waals surface area contributed by atoms with Gasteiger partial charge in [-0.3, -0.25) is 0 Å². The lowest BCUT2D eigenvalue weighted by atomic mass is 10.2. The van der Waals surface area contributed by atoms with Gasteiger partial charge in [0.15, 0.2) is 0 Å². The van der Waals surface area contributed by atoms with Crippen LogP contribution in [0.5, 0.6) is 11.5 Å². The van der Waals surface area contributed by atoms with Gasteiger partial charge < -0.3 is 24.4 Å². The highest BCUT2D eigenvalue weighted by Crippen LogP contribution is 2.18. The summed E-state index contributed by atoms with van der Waals surface area (Å²) in [5.41, 5.74) is 1.15. The van der Waals surface area contributed by atoms with Crippen molar-refractivity contribution in [2.24, 2.45) is 0 Å². The summed E-state index contributed by atoms with van der Waals surface area (Å²) in [7, 11) is 4.13. The highest BCUT2D eigenvalue weighted by atomic mass is 35.5. The lowest BCUT2D eigenvalue weighted by Crippen LogP contribution is -2.29. The third-order valence-electron chi connectivity index (χ3n) is 3.73. The van der Waals surface area contributed by atoms with Gasteiger partial charge in [-0.15, -0.1) is 12.4 Å². The van der Waals surface area contributed by atoms with Crippen LogP contribution < -0.4 is 14.8 Å². The normalized spacial score (nSPS) is 10.5. The van der Waals surface area contributed by atoms with E-state index < -0.39 is 0 Å². The summed E-state index contributed by atoms with van der Waals surface area (Å²) >= 11 is 0. The zero-order valence-electron chi connectivity index (χ0n) is 16.2. The quantitative estimate of drug-likeness (QED) is 0.528. The Kier molecular flexibility index (Phi) is 12.3. The largest absolute Gasteiger partial charge is 0.491 e. The van der Waals surface area contributed by atoms with E-state index in [2.05, 4.69) is 36.4 Å². The van der Waals surface area contributed by atoms with Gasteiger partial charge in [-0.05, 0) is 43.9 Å². The lowest BCUT2D eigenvalue weighted by Gasteiger charge is -2.11. The van der Waals surface area contributed by atoms with Gasteiger partial charge in [0, 0.05) is 19.6 Å². The number of nitrogens with one attached hydrogen (secondary N) is 1. The van der Waals surface area contributed by atoms with E-state index in [9.17, 15) is 0 Å². The van der Waals surface area contributed by atoms with Crippen LogP contribution >= 0.6 is 12.4 Å². The average molecular weight is 395 g/mol. The Morgan fingerprint density at radius 2 is 1.44 bits per heavy atom. The van der Waals surface area contributed by atoms with Crippen molar-refractivity contribution >= 4 is 12.4 Å². The van der Waals surface area contributed by atoms with Gasteiger partial charge in [-0.25, -0.2) is 0 Å². The van der Waals surface area contributed by atoms with Crippen molar-refractivity contribution in [1.82, 2.24) is 10.2 Å². The van der Waals surface area contributed by atoms with Crippen LogP contribution in [-0.2, 0) is 11.3 Å². The minimum atomic E-state index is 0. The van der Waals surface area contributed by atoms with E-state index in [1.54, 1.807) is 0 Å². The summed E-state index contributed by atoms with van der Waals surface area (Å²) < 4.78 is 17.0. The van der Waals surface area contributed by atoms with E-state index in [0.717, 1.165) is 36.7 Å². The zero-order chi connectivity index (χ0) is 18.5. The first-order valence-corrected chi connectivity index (χ1v) is 9.07. The van der Waals surface area contributed by atoms with Crippen LogP contribution in [0, 0.1) is 0 Å². The number of likely N-dealkylation sites (N-methyl/N-ethyl adjacent to an activating group) is 1. The Balaban J connectivity index is 0.00000364. The number of hydrogen-bond acceptors (Lipinski definition) is 5. The molecule has 27 heavy (non-hydrogen) atoms. The summed E-state index contributed by atoms with van der Waals surface area (Å²) in [6, 6.07) is 17.8. The Hall–Kier alpha value is -1.79. The Morgan fingerprint density at radius 1 is 0.778 bits per heavy atom. The molecule has 0 fully saturated rings. The van der Waals surface area contributed by atoms with E-state index in [1.165, 1.54) is 0 Å². The molecular formula is C21H31ClN2O3. The molecule has 0 amide bonds. The smallest absolute Gasteiger partial charge is 0.120 e. The molecule has 0 aliphatic rings. The van der Waals surface area contributed by atoms with E-state index in [4.69, 9.17) is 14.2 Å². The predicted octanol–water partition coefficient (Wildman–Crippen LogP) is 3.23. The van der Waals surface area contributed by atoms with Crippen LogP contribution in [0.2, 0.25) is 0 Å². The first-order chi connectivity index (χ1) is 12.7. The van der Waals surface area contributed by atoms with Crippen molar-refractivity contribution in [1.29, 1.82) is 0 Å². The van der Waals surface area contributed by atoms with Crippen LogP contribution in [0.15, 0.2) is 54.6 Å². The Morgan fingerprint density at radius 3 is 2.11 bits per heavy atom. The molecule has 150 valence electrons. The maximum Gasteiger partial charge on any atom is 0.120 e. The summed E-state index contributed by atoms with van der Waals surface area (Å²) in [6.45, 7) is 5.27. The Labute approximate surface area is 169 Å². The zero-order valence-corrected chi connectivity index (χ0v) is 17.0. The highest BCUT2D eigenvalue weighted by Gasteiger charge is 1.98. The molecule has 0 saturated heterocycles. The van der Waals surface area contributed by atoms with E-state index in [1.807, 2.05) is 42.5 Å². The molecule has 1 N–H and O–H groups in total. The molecule has 0 saturated carbocycles. The fraction of sp³-hybridized carbons (Fsp3) is 0.429. The number of halogens is 1. The minimum Gasteiger partial charge on any atom is -0.491 e. The van der Waals surface area contributed by atoms with Gasteiger partial charge in [-0.2, -0.15) is 0 Å². The van der Waals surface area contributed by atoms with Crippen LogP contribution in [0.1, 0.15) is 5.56 Å². The molecule has 0 bridgehead atoms. The SMILES string of the molecule is CN(C)CCNCCOCCOc1ccc(OCc2ccccc2)cc1.Cl. The standard InChI is InChI=1S/C21H30N2O3.ClH/c1-23(2)14-12-22-13-15-24-16-17-25-20-8-10-21(11-9-20)26-18-19-6-4-3-5-7-19;/h3-11,22H,12-18H2,1-2H3;1H. The second kappa shape index (κ2) is 14.3. The molecule has 0 unspecified atom stereocenters. The number of hydrogen-bond donors (Lipinski definition) is 1. The molecular weight excluding hydrogens is 364 g/mol. The summed E-state index contributed by atoms with van der Waals surface area (Å²) in [5, 5.41) is 3.33. The van der Waals surface area contributed by atoms with E-state index in [-0.39, 0.29) is 12.4 Å². The maximum absolute atomic E-state index is 5.76. The summed E-state index contributed by atoms with van der Waals surface area (Å²) in [6.07, 6.45) is 0. The van der Waals surface area contributed by atoms with Crippen molar-refractivity contribution in [2.75, 3.05) is 53.6 Å². The average Bonchev–Trinajstić information content (AvgIpc) is 2.66. The van der Waals surface area contributed by atoms with Gasteiger partial charge in [0.2, 0.25) is 0 Å². The Bertz CT molecular complexity index is 594. The van der Waals surface area contributed by atoms with Gasteiger partial charge in [0.1, 0.15) is 24.7 Å². The first kappa shape index (κ1) is 23.2. The molecule has 0 spiro atoms. The molecule has 0 aromatic heterocycles. The second-order valence-corrected chi connectivity index (χ2v) is 6.26. The van der Waals surface area contributed by atoms with Gasteiger partial charge in [0.25, 0.3) is 0 Å². The molecule has 2 aromatic carbocycles. The monoisotopic (exact) mass is 394 g/mol. The number of nitrogens with zero attached hydrogens (tertiary/aromatic N) is 1. The first-order valence-electron chi connectivity index (χ1n) is 9.07. The lowest BCUT2D eigenvalue weighted by molar-refractivity contribution is 0.102.